The maximum atomic E-state index is 10.5. The van der Waals surface area contributed by atoms with E-state index in [0.717, 1.165) is 0 Å². The average Bonchev–Trinajstić information content (AvgIpc) is 1.97. The van der Waals surface area contributed by atoms with Gasteiger partial charge < -0.3 is 10.1 Å². The van der Waals surface area contributed by atoms with Crippen LogP contribution in [0.1, 0.15) is 13.8 Å². The maximum absolute atomic E-state index is 10.5. The Hall–Kier alpha value is -1.01. The van der Waals surface area contributed by atoms with Crippen LogP contribution in [0.5, 0.6) is 0 Å². The Morgan fingerprint density at radius 1 is 1.73 bits per heavy atom. The molecule has 1 N–H and O–H groups in total. The quantitative estimate of drug-likeness (QED) is 0.464. The van der Waals surface area contributed by atoms with Gasteiger partial charge in [0.15, 0.2) is 0 Å². The van der Waals surface area contributed by atoms with Crippen LogP contribution in [0.3, 0.4) is 0 Å². The van der Waals surface area contributed by atoms with Gasteiger partial charge >= 0.3 is 0 Å². The van der Waals surface area contributed by atoms with Crippen LogP contribution >= 0.6 is 0 Å². The summed E-state index contributed by atoms with van der Waals surface area (Å²) < 4.78 is 5.15. The summed E-state index contributed by atoms with van der Waals surface area (Å²) in [4.78, 5) is 10.5. The molecule has 0 aliphatic heterocycles. The highest BCUT2D eigenvalue weighted by Crippen LogP contribution is 1.84. The van der Waals surface area contributed by atoms with Crippen LogP contribution in [0.2, 0.25) is 0 Å². The highest BCUT2D eigenvalue weighted by atomic mass is 16.5. The number of ether oxygens (including phenoxy) is 1. The van der Waals surface area contributed by atoms with Crippen molar-refractivity contribution in [3.63, 3.8) is 0 Å². The smallest absolute Gasteiger partial charge is 0.295 e. The van der Waals surface area contributed by atoms with Gasteiger partial charge in [-0.15, -0.1) is 6.42 Å². The summed E-state index contributed by atoms with van der Waals surface area (Å²) in [5.41, 5.74) is 0. The Morgan fingerprint density at radius 3 is 2.82 bits per heavy atom. The van der Waals surface area contributed by atoms with Crippen molar-refractivity contribution < 1.29 is 9.53 Å². The van der Waals surface area contributed by atoms with Gasteiger partial charge in [-0.3, -0.25) is 4.79 Å². The van der Waals surface area contributed by atoms with Crippen molar-refractivity contribution >= 4 is 5.91 Å². The number of carbonyl (C=O) groups is 1. The molecule has 3 nitrogen and oxygen atoms in total. The Balaban J connectivity index is 3.16. The molecule has 0 heterocycles. The molecule has 0 spiro atoms. The first-order valence-corrected chi connectivity index (χ1v) is 3.53. The summed E-state index contributed by atoms with van der Waals surface area (Å²) in [5, 5.41) is 2.49. The number of rotatable bonds is 4. The second kappa shape index (κ2) is 5.75. The molecule has 0 radical (unpaired) electrons. The van der Waals surface area contributed by atoms with Crippen LogP contribution in [-0.4, -0.2) is 25.2 Å². The molecule has 3 heteroatoms. The number of hydrogen-bond acceptors (Lipinski definition) is 2. The van der Waals surface area contributed by atoms with E-state index in [0.29, 0.717) is 13.2 Å². The molecule has 11 heavy (non-hydrogen) atoms. The molecule has 0 bridgehead atoms. The normalized spacial score (nSPS) is 9.27. The van der Waals surface area contributed by atoms with E-state index in [1.807, 2.05) is 19.8 Å². The summed E-state index contributed by atoms with van der Waals surface area (Å²) in [5.74, 6) is 1.56. The fourth-order valence-electron chi connectivity index (χ4n) is 0.510. The molecule has 0 unspecified atom stereocenters. The molecule has 0 rings (SSSR count). The van der Waals surface area contributed by atoms with E-state index in [-0.39, 0.29) is 6.10 Å². The van der Waals surface area contributed by atoms with Crippen LogP contribution in [-0.2, 0) is 9.53 Å². The molecule has 0 saturated heterocycles. The lowest BCUT2D eigenvalue weighted by atomic mass is 10.5. The van der Waals surface area contributed by atoms with Crippen LogP contribution < -0.4 is 5.32 Å². The minimum atomic E-state index is -0.391. The SMILES string of the molecule is C#CC(=O)NCCOC(C)C. The van der Waals surface area contributed by atoms with E-state index >= 15 is 0 Å². The zero-order chi connectivity index (χ0) is 8.69. The molecule has 0 atom stereocenters. The Labute approximate surface area is 67.1 Å². The van der Waals surface area contributed by atoms with Crippen molar-refractivity contribution in [2.24, 2.45) is 0 Å². The first kappa shape index (κ1) is 9.99. The summed E-state index contributed by atoms with van der Waals surface area (Å²) in [7, 11) is 0. The molecular weight excluding hydrogens is 142 g/mol. The van der Waals surface area contributed by atoms with Gasteiger partial charge in [-0.25, -0.2) is 0 Å². The number of terminal acetylenes is 1. The van der Waals surface area contributed by atoms with Crippen molar-refractivity contribution in [2.45, 2.75) is 20.0 Å². The zero-order valence-corrected chi connectivity index (χ0v) is 6.89. The first-order chi connectivity index (χ1) is 5.16. The van der Waals surface area contributed by atoms with Gasteiger partial charge in [0.25, 0.3) is 5.91 Å². The predicted octanol–water partition coefficient (Wildman–Crippen LogP) is 0.161. The van der Waals surface area contributed by atoms with Crippen molar-refractivity contribution in [1.82, 2.24) is 5.32 Å². The molecular formula is C8H13NO2. The second-order valence-corrected chi connectivity index (χ2v) is 2.32. The van der Waals surface area contributed by atoms with Gasteiger partial charge in [0, 0.05) is 6.54 Å². The second-order valence-electron chi connectivity index (χ2n) is 2.32. The molecule has 0 aromatic carbocycles. The largest absolute Gasteiger partial charge is 0.377 e. The first-order valence-electron chi connectivity index (χ1n) is 3.53. The fourth-order valence-corrected chi connectivity index (χ4v) is 0.510. The highest BCUT2D eigenvalue weighted by Gasteiger charge is 1.94. The molecule has 0 aliphatic carbocycles. The van der Waals surface area contributed by atoms with Gasteiger partial charge in [0.1, 0.15) is 0 Å². The van der Waals surface area contributed by atoms with E-state index in [1.54, 1.807) is 0 Å². The van der Waals surface area contributed by atoms with Crippen LogP contribution in [0.25, 0.3) is 0 Å². The lowest BCUT2D eigenvalue weighted by molar-refractivity contribution is -0.116. The monoisotopic (exact) mass is 155 g/mol. The van der Waals surface area contributed by atoms with E-state index in [1.165, 1.54) is 0 Å². The van der Waals surface area contributed by atoms with Crippen LogP contribution in [0, 0.1) is 12.3 Å². The summed E-state index contributed by atoms with van der Waals surface area (Å²) in [6.07, 6.45) is 5.00. The molecule has 0 fully saturated rings. The van der Waals surface area contributed by atoms with Gasteiger partial charge in [0.05, 0.1) is 12.7 Å². The number of nitrogens with one attached hydrogen (secondary N) is 1. The summed E-state index contributed by atoms with van der Waals surface area (Å²) >= 11 is 0. The molecule has 0 aromatic heterocycles. The van der Waals surface area contributed by atoms with Gasteiger partial charge in [-0.05, 0) is 19.8 Å². The molecule has 0 aliphatic rings. The number of carbonyl (C=O) groups excluding carboxylic acids is 1. The van der Waals surface area contributed by atoms with E-state index in [9.17, 15) is 4.79 Å². The molecule has 62 valence electrons. The Bertz CT molecular complexity index is 158. The minimum Gasteiger partial charge on any atom is -0.377 e. The van der Waals surface area contributed by atoms with Gasteiger partial charge in [-0.1, -0.05) is 0 Å². The summed E-state index contributed by atoms with van der Waals surface area (Å²) in [6, 6.07) is 0. The van der Waals surface area contributed by atoms with Crippen LogP contribution in [0.15, 0.2) is 0 Å². The summed E-state index contributed by atoms with van der Waals surface area (Å²) in [6.45, 7) is 4.85. The molecule has 0 aromatic rings. The zero-order valence-electron chi connectivity index (χ0n) is 6.89. The Morgan fingerprint density at radius 2 is 2.36 bits per heavy atom. The third kappa shape index (κ3) is 6.88. The fraction of sp³-hybridized carbons (Fsp3) is 0.625. The van der Waals surface area contributed by atoms with Crippen molar-refractivity contribution in [1.29, 1.82) is 0 Å². The molecule has 1 amide bonds. The van der Waals surface area contributed by atoms with Crippen LogP contribution in [0.4, 0.5) is 0 Å². The lowest BCUT2D eigenvalue weighted by Crippen LogP contribution is -2.26. The third-order valence-electron chi connectivity index (χ3n) is 0.970. The minimum absolute atomic E-state index is 0.192. The highest BCUT2D eigenvalue weighted by molar-refractivity contribution is 5.92. The third-order valence-corrected chi connectivity index (χ3v) is 0.970. The van der Waals surface area contributed by atoms with E-state index in [4.69, 9.17) is 11.2 Å². The topological polar surface area (TPSA) is 38.3 Å². The van der Waals surface area contributed by atoms with Crippen molar-refractivity contribution in [3.8, 4) is 12.3 Å². The van der Waals surface area contributed by atoms with E-state index < -0.39 is 5.91 Å². The predicted molar refractivity (Wildman–Crippen MR) is 42.9 cm³/mol. The standard InChI is InChI=1S/C8H13NO2/c1-4-8(10)9-5-6-11-7(2)3/h1,7H,5-6H2,2-3H3,(H,9,10). The van der Waals surface area contributed by atoms with E-state index in [2.05, 4.69) is 5.32 Å². The van der Waals surface area contributed by atoms with Gasteiger partial charge in [0.2, 0.25) is 0 Å². The van der Waals surface area contributed by atoms with Crippen molar-refractivity contribution in [2.75, 3.05) is 13.2 Å². The van der Waals surface area contributed by atoms with Crippen molar-refractivity contribution in [3.05, 3.63) is 0 Å². The van der Waals surface area contributed by atoms with Gasteiger partial charge in [-0.2, -0.15) is 0 Å². The lowest BCUT2D eigenvalue weighted by Gasteiger charge is -2.06. The molecule has 0 saturated carbocycles. The number of amides is 1. The maximum Gasteiger partial charge on any atom is 0.295 e. The average molecular weight is 155 g/mol. The Kier molecular flexibility index (Phi) is 5.22. The number of hydrogen-bond donors (Lipinski definition) is 1.